The van der Waals surface area contributed by atoms with Crippen LogP contribution >= 0.6 is 0 Å². The van der Waals surface area contributed by atoms with Crippen LogP contribution in [0.2, 0.25) is 0 Å². The maximum atomic E-state index is 12.6. The Morgan fingerprint density at radius 3 is 2.58 bits per heavy atom. The third-order valence-electron chi connectivity index (χ3n) is 3.89. The number of methoxy groups -OCH3 is 2. The number of hydrogen-bond donors (Lipinski definition) is 2. The van der Waals surface area contributed by atoms with Crippen LogP contribution in [0.5, 0.6) is 11.5 Å². The fourth-order valence-electron chi connectivity index (χ4n) is 2.70. The van der Waals surface area contributed by atoms with Crippen LogP contribution in [0.4, 0.5) is 0 Å². The molecule has 3 rings (SSSR count). The predicted octanol–water partition coefficient (Wildman–Crippen LogP) is 2.16. The number of aromatic nitrogens is 1. The minimum absolute atomic E-state index is 0.0861. The molecule has 0 saturated heterocycles. The highest BCUT2D eigenvalue weighted by atomic mass is 16.5. The number of amides is 1. The minimum Gasteiger partial charge on any atom is -0.493 e. The van der Waals surface area contributed by atoms with Gasteiger partial charge in [0.2, 0.25) is 5.56 Å². The van der Waals surface area contributed by atoms with Gasteiger partial charge < -0.3 is 19.8 Å². The Hall–Kier alpha value is -3.02. The lowest BCUT2D eigenvalue weighted by molar-refractivity contribution is 0.0946. The van der Waals surface area contributed by atoms with Crippen molar-refractivity contribution in [1.29, 1.82) is 0 Å². The first-order valence-electron chi connectivity index (χ1n) is 7.55. The molecule has 1 amide bonds. The Morgan fingerprint density at radius 1 is 1.17 bits per heavy atom. The second-order valence-corrected chi connectivity index (χ2v) is 5.43. The number of benzene rings is 1. The molecule has 0 aliphatic heterocycles. The predicted molar refractivity (Wildman–Crippen MR) is 91.8 cm³/mol. The summed E-state index contributed by atoms with van der Waals surface area (Å²) in [5, 5.41) is 3.52. The van der Waals surface area contributed by atoms with E-state index in [2.05, 4.69) is 10.3 Å². The van der Waals surface area contributed by atoms with E-state index in [0.717, 1.165) is 6.42 Å². The van der Waals surface area contributed by atoms with Crippen molar-refractivity contribution in [2.75, 3.05) is 14.2 Å². The molecular weight excluding hydrogens is 308 g/mol. The molecule has 1 aliphatic carbocycles. The van der Waals surface area contributed by atoms with E-state index < -0.39 is 0 Å². The molecule has 0 spiro atoms. The average Bonchev–Trinajstić information content (AvgIpc) is 2.60. The number of fused-ring (bicyclic) bond motifs is 1. The molecule has 2 aromatic rings. The highest BCUT2D eigenvalue weighted by Crippen LogP contribution is 2.32. The van der Waals surface area contributed by atoms with Crippen molar-refractivity contribution < 1.29 is 14.3 Å². The standard InChI is InChI=1S/C18H18N2O4/c1-23-15-8-12-13(18(22)19-11-6-4-3-5-7-11)9-17(21)20-14(12)10-16(15)24-2/h3-6,8-11H,7H2,1-2H3,(H,19,22)(H,20,21). The molecule has 1 aromatic heterocycles. The lowest BCUT2D eigenvalue weighted by atomic mass is 10.1. The van der Waals surface area contributed by atoms with E-state index in [4.69, 9.17) is 9.47 Å². The number of rotatable bonds is 4. The highest BCUT2D eigenvalue weighted by Gasteiger charge is 2.17. The molecule has 0 saturated carbocycles. The number of hydrogen-bond acceptors (Lipinski definition) is 4. The molecule has 1 atom stereocenters. The summed E-state index contributed by atoms with van der Waals surface area (Å²) in [4.78, 5) is 27.3. The van der Waals surface area contributed by atoms with Gasteiger partial charge in [-0.1, -0.05) is 24.3 Å². The molecule has 6 nitrogen and oxygen atoms in total. The van der Waals surface area contributed by atoms with E-state index in [-0.39, 0.29) is 17.5 Å². The second kappa shape index (κ2) is 6.62. The van der Waals surface area contributed by atoms with Gasteiger partial charge in [-0.3, -0.25) is 9.59 Å². The van der Waals surface area contributed by atoms with Gasteiger partial charge in [0.15, 0.2) is 11.5 Å². The number of carbonyl (C=O) groups is 1. The maximum Gasteiger partial charge on any atom is 0.252 e. The first-order valence-corrected chi connectivity index (χ1v) is 7.55. The van der Waals surface area contributed by atoms with Crippen LogP contribution in [0.15, 0.2) is 47.3 Å². The van der Waals surface area contributed by atoms with Crippen LogP contribution < -0.4 is 20.3 Å². The van der Waals surface area contributed by atoms with Gasteiger partial charge >= 0.3 is 0 Å². The van der Waals surface area contributed by atoms with Crippen LogP contribution in [0.1, 0.15) is 16.8 Å². The fraction of sp³-hybridized carbons (Fsp3) is 0.222. The van der Waals surface area contributed by atoms with Gasteiger partial charge in [-0.25, -0.2) is 0 Å². The number of nitrogens with one attached hydrogen (secondary N) is 2. The monoisotopic (exact) mass is 326 g/mol. The molecule has 0 radical (unpaired) electrons. The van der Waals surface area contributed by atoms with E-state index in [1.165, 1.54) is 20.3 Å². The van der Waals surface area contributed by atoms with Crippen molar-refractivity contribution >= 4 is 16.8 Å². The number of carbonyl (C=O) groups excluding carboxylic acids is 1. The van der Waals surface area contributed by atoms with E-state index in [1.807, 2.05) is 24.3 Å². The molecule has 6 heteroatoms. The third-order valence-corrected chi connectivity index (χ3v) is 3.89. The lowest BCUT2D eigenvalue weighted by Crippen LogP contribution is -2.34. The quantitative estimate of drug-likeness (QED) is 0.902. The first kappa shape index (κ1) is 15.9. The molecular formula is C18H18N2O4. The van der Waals surface area contributed by atoms with Gasteiger partial charge in [0.1, 0.15) is 0 Å². The van der Waals surface area contributed by atoms with Gasteiger partial charge in [0.25, 0.3) is 5.91 Å². The minimum atomic E-state index is -0.348. The summed E-state index contributed by atoms with van der Waals surface area (Å²) >= 11 is 0. The first-order chi connectivity index (χ1) is 11.6. The van der Waals surface area contributed by atoms with Crippen molar-refractivity contribution in [1.82, 2.24) is 10.3 Å². The Kier molecular flexibility index (Phi) is 4.37. The Bertz CT molecular complexity index is 896. The summed E-state index contributed by atoms with van der Waals surface area (Å²) in [7, 11) is 3.04. The molecule has 1 heterocycles. The van der Waals surface area contributed by atoms with Gasteiger partial charge in [-0.05, 0) is 12.5 Å². The van der Waals surface area contributed by atoms with Gasteiger partial charge in [-0.15, -0.1) is 0 Å². The summed E-state index contributed by atoms with van der Waals surface area (Å²) in [6, 6.07) is 4.55. The zero-order valence-electron chi connectivity index (χ0n) is 13.5. The summed E-state index contributed by atoms with van der Waals surface area (Å²) in [5.74, 6) is 0.674. The average molecular weight is 326 g/mol. The van der Waals surface area contributed by atoms with E-state index in [9.17, 15) is 9.59 Å². The van der Waals surface area contributed by atoms with Crippen molar-refractivity contribution in [3.63, 3.8) is 0 Å². The van der Waals surface area contributed by atoms with Crippen molar-refractivity contribution in [3.8, 4) is 11.5 Å². The summed E-state index contributed by atoms with van der Waals surface area (Å²) in [6.45, 7) is 0. The molecule has 0 fully saturated rings. The molecule has 24 heavy (non-hydrogen) atoms. The van der Waals surface area contributed by atoms with Crippen LogP contribution in [-0.2, 0) is 0 Å². The molecule has 1 aliphatic rings. The molecule has 0 bridgehead atoms. The van der Waals surface area contributed by atoms with Crippen molar-refractivity contribution in [2.45, 2.75) is 12.5 Å². The summed E-state index contributed by atoms with van der Waals surface area (Å²) in [6.07, 6.45) is 8.44. The Balaban J connectivity index is 2.05. The van der Waals surface area contributed by atoms with E-state index in [1.54, 1.807) is 12.1 Å². The normalized spacial score (nSPS) is 16.2. The largest absolute Gasteiger partial charge is 0.493 e. The zero-order chi connectivity index (χ0) is 17.1. The van der Waals surface area contributed by atoms with Crippen LogP contribution in [-0.4, -0.2) is 31.2 Å². The topological polar surface area (TPSA) is 80.4 Å². The number of H-pyrrole nitrogens is 1. The summed E-state index contributed by atoms with van der Waals surface area (Å²) in [5.41, 5.74) is 0.473. The molecule has 124 valence electrons. The van der Waals surface area contributed by atoms with Crippen LogP contribution in [0.3, 0.4) is 0 Å². The smallest absolute Gasteiger partial charge is 0.252 e. The van der Waals surface area contributed by atoms with E-state index in [0.29, 0.717) is 28.0 Å². The number of aromatic amines is 1. The SMILES string of the molecule is COc1cc2[nH]c(=O)cc(C(=O)NC3C=CC=CC3)c2cc1OC. The Labute approximate surface area is 138 Å². The van der Waals surface area contributed by atoms with Gasteiger partial charge in [0, 0.05) is 17.5 Å². The molecule has 1 aromatic carbocycles. The van der Waals surface area contributed by atoms with Crippen molar-refractivity contribution in [2.24, 2.45) is 0 Å². The zero-order valence-corrected chi connectivity index (χ0v) is 13.5. The maximum absolute atomic E-state index is 12.6. The third kappa shape index (κ3) is 3.03. The molecule has 2 N–H and O–H groups in total. The lowest BCUT2D eigenvalue weighted by Gasteiger charge is -2.16. The second-order valence-electron chi connectivity index (χ2n) is 5.43. The van der Waals surface area contributed by atoms with Gasteiger partial charge in [-0.2, -0.15) is 0 Å². The number of ether oxygens (including phenoxy) is 2. The van der Waals surface area contributed by atoms with Crippen LogP contribution in [0.25, 0.3) is 10.9 Å². The molecule has 1 unspecified atom stereocenters. The van der Waals surface area contributed by atoms with Gasteiger partial charge in [0.05, 0.1) is 31.3 Å². The summed E-state index contributed by atoms with van der Waals surface area (Å²) < 4.78 is 10.5. The number of pyridine rings is 1. The number of allylic oxidation sites excluding steroid dienone is 2. The Morgan fingerprint density at radius 2 is 1.92 bits per heavy atom. The van der Waals surface area contributed by atoms with Crippen molar-refractivity contribution in [3.05, 3.63) is 58.4 Å². The van der Waals surface area contributed by atoms with E-state index >= 15 is 0 Å². The fourth-order valence-corrected chi connectivity index (χ4v) is 2.70. The van der Waals surface area contributed by atoms with Crippen LogP contribution in [0, 0.1) is 0 Å². The highest BCUT2D eigenvalue weighted by molar-refractivity contribution is 6.06.